The Hall–Kier alpha value is -6.73. The molecule has 4 aromatic rings. The smallest absolute Gasteiger partial charge is 0.249 e. The highest BCUT2D eigenvalue weighted by atomic mass is 16.3. The summed E-state index contributed by atoms with van der Waals surface area (Å²) in [6, 6.07) is 12.1. The Kier molecular flexibility index (Phi) is 20.0. The molecule has 68 heavy (non-hydrogen) atoms. The normalized spacial score (nSPS) is 16.2. The number of aryl methyl sites for hydroxylation is 1. The second-order valence-corrected chi connectivity index (χ2v) is 18.3. The lowest BCUT2D eigenvalue weighted by atomic mass is 9.96. The number of benzene rings is 2. The zero-order valence-corrected chi connectivity index (χ0v) is 39.3. The summed E-state index contributed by atoms with van der Waals surface area (Å²) in [5, 5.41) is 25.2. The van der Waals surface area contributed by atoms with E-state index >= 15 is 0 Å². The first kappa shape index (κ1) is 52.2. The average molecular weight is 938 g/mol. The van der Waals surface area contributed by atoms with Gasteiger partial charge in [0.05, 0.1) is 37.3 Å². The van der Waals surface area contributed by atoms with Gasteiger partial charge in [-0.1, -0.05) is 88.4 Å². The van der Waals surface area contributed by atoms with Crippen molar-refractivity contribution in [2.75, 3.05) is 6.54 Å². The predicted octanol–water partition coefficient (Wildman–Crippen LogP) is 1.54. The summed E-state index contributed by atoms with van der Waals surface area (Å²) in [7, 11) is 0. The summed E-state index contributed by atoms with van der Waals surface area (Å²) < 4.78 is 0. The van der Waals surface area contributed by atoms with Gasteiger partial charge in [-0.05, 0) is 55.1 Å². The van der Waals surface area contributed by atoms with Crippen LogP contribution in [0, 0.1) is 11.8 Å². The van der Waals surface area contributed by atoms with Crippen LogP contribution in [0.15, 0.2) is 85.7 Å². The Balaban J connectivity index is 1.27. The molecular formula is C49H67N11O8. The van der Waals surface area contributed by atoms with Crippen LogP contribution >= 0.6 is 0 Å². The molecule has 1 aliphatic heterocycles. The Morgan fingerprint density at radius 2 is 1.29 bits per heavy atom. The molecule has 0 saturated carbocycles. The van der Waals surface area contributed by atoms with Gasteiger partial charge in [0.2, 0.25) is 41.4 Å². The Labute approximate surface area is 397 Å². The summed E-state index contributed by atoms with van der Waals surface area (Å²) in [5.41, 5.74) is 9.14. The standard InChI is InChI=1S/C49H67N11O8/c1-30(2)20-37(42(61)25-44(63)55-38(21-31(3)4)47(66)59-43(62)18-17-32-12-7-5-8-13-32)56-46(65)40(24-35-27-52-29-54-35)57-45(64)39(22-33-14-9-6-10-15-33)58-48(67)41-16-11-19-60(41)49(68)36(50)23-34-26-51-28-53-34/h5-10,12-15,26-31,36-42,61H,11,16-25,50H2,1-4H3,(H,51,53)(H,52,54)(H,55,63)(H,56,65)(H,57,64)(H,58,67)(H,59,62,66)/t36-,37-,38-,39-,40-,41-,42-/m0/s1. The van der Waals surface area contributed by atoms with Gasteiger partial charge in [0.15, 0.2) is 0 Å². The number of carbonyl (C=O) groups is 7. The van der Waals surface area contributed by atoms with E-state index in [1.54, 1.807) is 30.5 Å². The molecule has 0 aliphatic carbocycles. The maximum Gasteiger partial charge on any atom is 0.249 e. The molecule has 2 aromatic heterocycles. The number of aromatic amines is 2. The van der Waals surface area contributed by atoms with Crippen molar-refractivity contribution in [3.8, 4) is 0 Å². The summed E-state index contributed by atoms with van der Waals surface area (Å²) in [6.07, 6.45) is 6.17. The molecule has 5 rings (SSSR count). The fourth-order valence-electron chi connectivity index (χ4n) is 8.24. The van der Waals surface area contributed by atoms with Crippen LogP contribution < -0.4 is 32.3 Å². The van der Waals surface area contributed by atoms with Crippen molar-refractivity contribution < 1.29 is 38.7 Å². The van der Waals surface area contributed by atoms with Crippen LogP contribution in [0.2, 0.25) is 0 Å². The quantitative estimate of drug-likeness (QED) is 0.0460. The van der Waals surface area contributed by atoms with E-state index in [1.807, 2.05) is 64.1 Å². The summed E-state index contributed by atoms with van der Waals surface area (Å²) in [6.45, 7) is 7.83. The topological polar surface area (TPSA) is 286 Å². The van der Waals surface area contributed by atoms with Gasteiger partial charge in [0.1, 0.15) is 24.2 Å². The van der Waals surface area contributed by atoms with Crippen molar-refractivity contribution in [3.63, 3.8) is 0 Å². The number of hydrogen-bond acceptors (Lipinski definition) is 11. The molecule has 3 heterocycles. The molecule has 7 amide bonds. The number of hydrogen-bond donors (Lipinski definition) is 9. The maximum atomic E-state index is 14.4. The average Bonchev–Trinajstić information content (AvgIpc) is 4.12. The highest BCUT2D eigenvalue weighted by Gasteiger charge is 2.39. The molecule has 0 unspecified atom stereocenters. The number of aliphatic hydroxyl groups is 1. The van der Waals surface area contributed by atoms with Gasteiger partial charge < -0.3 is 47.0 Å². The number of aliphatic hydroxyl groups excluding tert-OH is 1. The molecule has 1 saturated heterocycles. The monoisotopic (exact) mass is 938 g/mol. The van der Waals surface area contributed by atoms with Crippen LogP contribution in [0.3, 0.4) is 0 Å². The summed E-state index contributed by atoms with van der Waals surface area (Å²) >= 11 is 0. The largest absolute Gasteiger partial charge is 0.390 e. The Morgan fingerprint density at radius 1 is 0.706 bits per heavy atom. The van der Waals surface area contributed by atoms with Crippen LogP contribution in [0.25, 0.3) is 0 Å². The van der Waals surface area contributed by atoms with Crippen molar-refractivity contribution in [1.82, 2.24) is 51.4 Å². The zero-order chi connectivity index (χ0) is 49.2. The number of likely N-dealkylation sites (tertiary alicyclic amines) is 1. The second kappa shape index (κ2) is 26.0. The molecule has 1 aliphatic rings. The van der Waals surface area contributed by atoms with Gasteiger partial charge in [0, 0.05) is 56.0 Å². The third kappa shape index (κ3) is 16.6. The van der Waals surface area contributed by atoms with E-state index in [4.69, 9.17) is 5.73 Å². The molecular weight excluding hydrogens is 871 g/mol. The first-order valence-corrected chi connectivity index (χ1v) is 23.4. The van der Waals surface area contributed by atoms with Crippen LogP contribution in [-0.4, -0.2) is 120 Å². The summed E-state index contributed by atoms with van der Waals surface area (Å²) in [5.74, 6) is -4.21. The molecule has 0 spiro atoms. The maximum absolute atomic E-state index is 14.4. The highest BCUT2D eigenvalue weighted by molar-refractivity contribution is 5.99. The van der Waals surface area contributed by atoms with E-state index in [1.165, 1.54) is 23.8 Å². The first-order chi connectivity index (χ1) is 32.6. The number of nitrogens with one attached hydrogen (secondary N) is 7. The molecule has 19 nitrogen and oxygen atoms in total. The second-order valence-electron chi connectivity index (χ2n) is 18.3. The van der Waals surface area contributed by atoms with Crippen LogP contribution in [-0.2, 0) is 59.2 Å². The Morgan fingerprint density at radius 3 is 1.90 bits per heavy atom. The molecule has 1 fully saturated rings. The van der Waals surface area contributed by atoms with Gasteiger partial charge in [-0.3, -0.25) is 38.9 Å². The number of aromatic nitrogens is 4. The number of H-pyrrole nitrogens is 2. The summed E-state index contributed by atoms with van der Waals surface area (Å²) in [4.78, 5) is 111. The molecule has 10 N–H and O–H groups in total. The SMILES string of the molecule is CC(C)C[C@H](NC(=O)C[C@H](O)[C@H](CC(C)C)NC(=O)[C@H](Cc1cnc[nH]1)NC(=O)[C@H](Cc1ccccc1)NC(=O)[C@@H]1CCCN1C(=O)[C@@H](N)Cc1cnc[nH]1)C(=O)NC(=O)CCc1ccccc1. The molecule has 0 radical (unpaired) electrons. The zero-order valence-electron chi connectivity index (χ0n) is 39.3. The lowest BCUT2D eigenvalue weighted by molar-refractivity contribution is -0.140. The van der Waals surface area contributed by atoms with Crippen LogP contribution in [0.5, 0.6) is 0 Å². The van der Waals surface area contributed by atoms with Gasteiger partial charge in [-0.2, -0.15) is 0 Å². The van der Waals surface area contributed by atoms with E-state index in [2.05, 4.69) is 46.5 Å². The predicted molar refractivity (Wildman–Crippen MR) is 253 cm³/mol. The number of imide groups is 1. The van der Waals surface area contributed by atoms with Crippen molar-refractivity contribution in [2.24, 2.45) is 17.6 Å². The minimum Gasteiger partial charge on any atom is -0.390 e. The number of rotatable bonds is 25. The third-order valence-corrected chi connectivity index (χ3v) is 11.7. The molecule has 366 valence electrons. The number of nitrogens with zero attached hydrogens (tertiary/aromatic N) is 3. The minimum absolute atomic E-state index is 0.0325. The minimum atomic E-state index is -1.42. The first-order valence-electron chi connectivity index (χ1n) is 23.4. The molecule has 19 heteroatoms. The lowest BCUT2D eigenvalue weighted by Gasteiger charge is -2.30. The van der Waals surface area contributed by atoms with E-state index < -0.39 is 90.1 Å². The fourth-order valence-corrected chi connectivity index (χ4v) is 8.24. The van der Waals surface area contributed by atoms with E-state index in [9.17, 15) is 38.7 Å². The number of nitrogens with two attached hydrogens (primary N) is 1. The van der Waals surface area contributed by atoms with Crippen LogP contribution in [0.1, 0.15) is 88.7 Å². The number of carbonyl (C=O) groups excluding carboxylic acids is 7. The van der Waals surface area contributed by atoms with Crippen LogP contribution in [0.4, 0.5) is 0 Å². The van der Waals surface area contributed by atoms with E-state index in [-0.39, 0.29) is 50.4 Å². The number of amides is 7. The van der Waals surface area contributed by atoms with Gasteiger partial charge >= 0.3 is 0 Å². The van der Waals surface area contributed by atoms with Crippen molar-refractivity contribution in [2.45, 2.75) is 134 Å². The number of imidazole rings is 2. The van der Waals surface area contributed by atoms with E-state index in [0.29, 0.717) is 37.2 Å². The lowest BCUT2D eigenvalue weighted by Crippen LogP contribution is -2.59. The van der Waals surface area contributed by atoms with Crippen molar-refractivity contribution in [3.05, 3.63) is 108 Å². The molecule has 7 atom stereocenters. The van der Waals surface area contributed by atoms with E-state index in [0.717, 1.165) is 11.1 Å². The highest BCUT2D eigenvalue weighted by Crippen LogP contribution is 2.20. The fraction of sp³-hybridized carbons (Fsp3) is 0.490. The molecule has 2 aromatic carbocycles. The third-order valence-electron chi connectivity index (χ3n) is 11.7. The molecule has 0 bridgehead atoms. The van der Waals surface area contributed by atoms with Gasteiger partial charge in [0.25, 0.3) is 0 Å². The van der Waals surface area contributed by atoms with Gasteiger partial charge in [-0.25, -0.2) is 9.97 Å². The van der Waals surface area contributed by atoms with Crippen molar-refractivity contribution >= 4 is 41.4 Å². The van der Waals surface area contributed by atoms with Crippen molar-refractivity contribution in [1.29, 1.82) is 0 Å². The Bertz CT molecular complexity index is 2240. The van der Waals surface area contributed by atoms with Gasteiger partial charge in [-0.15, -0.1) is 0 Å².